The molecule has 4 rings (SSSR count). The summed E-state index contributed by atoms with van der Waals surface area (Å²) in [5, 5.41) is 7.71. The van der Waals surface area contributed by atoms with E-state index in [2.05, 4.69) is 5.32 Å². The van der Waals surface area contributed by atoms with Gasteiger partial charge in [0.1, 0.15) is 11.4 Å². The van der Waals surface area contributed by atoms with Crippen LogP contribution in [0.5, 0.6) is 0 Å². The number of aromatic nitrogens is 3. The van der Waals surface area contributed by atoms with E-state index >= 15 is 0 Å². The van der Waals surface area contributed by atoms with Crippen LogP contribution in [0.4, 0.5) is 5.69 Å². The molecule has 0 aliphatic heterocycles. The molecule has 140 valence electrons. The molecule has 1 amide bonds. The molecule has 0 saturated heterocycles. The molecular weight excluding hydrogens is 348 g/mol. The lowest BCUT2D eigenvalue weighted by molar-refractivity contribution is 0.101. The molecule has 0 saturated carbocycles. The number of rotatable bonds is 4. The van der Waals surface area contributed by atoms with Gasteiger partial charge in [-0.3, -0.25) is 4.79 Å². The van der Waals surface area contributed by atoms with Crippen LogP contribution in [0.25, 0.3) is 17.1 Å². The van der Waals surface area contributed by atoms with E-state index < -0.39 is 0 Å². The monoisotopic (exact) mass is 370 g/mol. The number of carbonyl (C=O) groups is 1. The van der Waals surface area contributed by atoms with Gasteiger partial charge in [0.05, 0.1) is 11.4 Å². The number of anilines is 1. The van der Waals surface area contributed by atoms with Crippen molar-refractivity contribution in [1.82, 2.24) is 14.3 Å². The molecule has 5 heteroatoms. The van der Waals surface area contributed by atoms with Crippen LogP contribution in [-0.4, -0.2) is 20.3 Å². The Hall–Kier alpha value is -3.60. The number of nitrogens with one attached hydrogen (secondary N) is 1. The lowest BCUT2D eigenvalue weighted by atomic mass is 10.2. The average molecular weight is 370 g/mol. The Morgan fingerprint density at radius 3 is 2.39 bits per heavy atom. The molecule has 0 unspecified atom stereocenters. The van der Waals surface area contributed by atoms with Gasteiger partial charge in [-0.2, -0.15) is 5.10 Å². The molecule has 0 fully saturated rings. The summed E-state index contributed by atoms with van der Waals surface area (Å²) in [5.41, 5.74) is 6.07. The van der Waals surface area contributed by atoms with Crippen LogP contribution in [-0.2, 0) is 7.05 Å². The van der Waals surface area contributed by atoms with Gasteiger partial charge in [-0.05, 0) is 61.9 Å². The van der Waals surface area contributed by atoms with Crippen LogP contribution in [0.1, 0.15) is 21.6 Å². The van der Waals surface area contributed by atoms with E-state index in [9.17, 15) is 4.79 Å². The van der Waals surface area contributed by atoms with E-state index in [1.165, 1.54) is 0 Å². The molecule has 0 radical (unpaired) electrons. The highest BCUT2D eigenvalue weighted by atomic mass is 16.2. The maximum Gasteiger partial charge on any atom is 0.274 e. The standard InChI is InChI=1S/C23H22N4O/c1-16-9-11-18(12-10-16)24-23(28)22-15-20(21-8-5-13-26(21)3)25-27(22)19-7-4-6-17(2)14-19/h4-15H,1-3H3,(H,24,28). The van der Waals surface area contributed by atoms with Gasteiger partial charge in [0.15, 0.2) is 0 Å². The molecule has 0 bridgehead atoms. The van der Waals surface area contributed by atoms with Crippen LogP contribution in [0.2, 0.25) is 0 Å². The largest absolute Gasteiger partial charge is 0.349 e. The van der Waals surface area contributed by atoms with Gasteiger partial charge >= 0.3 is 0 Å². The zero-order chi connectivity index (χ0) is 19.7. The molecule has 4 aromatic rings. The molecule has 0 aliphatic carbocycles. The molecule has 2 aromatic heterocycles. The average Bonchev–Trinajstić information content (AvgIpc) is 3.30. The summed E-state index contributed by atoms with van der Waals surface area (Å²) in [6.07, 6.45) is 1.97. The van der Waals surface area contributed by atoms with Crippen LogP contribution < -0.4 is 5.32 Å². The second-order valence-electron chi connectivity index (χ2n) is 6.99. The number of nitrogens with zero attached hydrogens (tertiary/aromatic N) is 3. The van der Waals surface area contributed by atoms with Gasteiger partial charge < -0.3 is 9.88 Å². The first-order valence-electron chi connectivity index (χ1n) is 9.18. The van der Waals surface area contributed by atoms with Crippen molar-refractivity contribution in [1.29, 1.82) is 0 Å². The summed E-state index contributed by atoms with van der Waals surface area (Å²) < 4.78 is 3.70. The molecule has 1 N–H and O–H groups in total. The van der Waals surface area contributed by atoms with E-state index in [1.54, 1.807) is 4.68 Å². The van der Waals surface area contributed by atoms with Gasteiger partial charge in [0.2, 0.25) is 0 Å². The first-order chi connectivity index (χ1) is 13.5. The van der Waals surface area contributed by atoms with Crippen molar-refractivity contribution < 1.29 is 4.79 Å². The highest BCUT2D eigenvalue weighted by Crippen LogP contribution is 2.23. The van der Waals surface area contributed by atoms with Crippen molar-refractivity contribution in [2.45, 2.75) is 13.8 Å². The summed E-state index contributed by atoms with van der Waals surface area (Å²) in [6.45, 7) is 4.04. The maximum absolute atomic E-state index is 13.1. The molecule has 0 aliphatic rings. The van der Waals surface area contributed by atoms with Crippen molar-refractivity contribution in [3.63, 3.8) is 0 Å². The third-order valence-electron chi connectivity index (χ3n) is 4.70. The number of benzene rings is 2. The summed E-state index contributed by atoms with van der Waals surface area (Å²) in [7, 11) is 1.97. The topological polar surface area (TPSA) is 51.9 Å². The quantitative estimate of drug-likeness (QED) is 0.564. The lowest BCUT2D eigenvalue weighted by Crippen LogP contribution is -2.17. The summed E-state index contributed by atoms with van der Waals surface area (Å²) >= 11 is 0. The molecule has 0 atom stereocenters. The van der Waals surface area contributed by atoms with Gasteiger partial charge in [0, 0.05) is 18.9 Å². The molecular formula is C23H22N4O. The predicted molar refractivity (Wildman–Crippen MR) is 112 cm³/mol. The van der Waals surface area contributed by atoms with E-state index in [1.807, 2.05) is 98.4 Å². The van der Waals surface area contributed by atoms with Crippen molar-refractivity contribution in [2.75, 3.05) is 5.32 Å². The van der Waals surface area contributed by atoms with Crippen LogP contribution in [0.15, 0.2) is 72.9 Å². The van der Waals surface area contributed by atoms with E-state index in [4.69, 9.17) is 5.10 Å². The molecule has 0 spiro atoms. The van der Waals surface area contributed by atoms with Crippen LogP contribution >= 0.6 is 0 Å². The van der Waals surface area contributed by atoms with Gasteiger partial charge in [-0.25, -0.2) is 4.68 Å². The predicted octanol–water partition coefficient (Wildman–Crippen LogP) is 4.75. The van der Waals surface area contributed by atoms with Crippen LogP contribution in [0.3, 0.4) is 0 Å². The number of carbonyl (C=O) groups excluding carboxylic acids is 1. The molecule has 5 nitrogen and oxygen atoms in total. The Morgan fingerprint density at radius 1 is 0.929 bits per heavy atom. The third-order valence-corrected chi connectivity index (χ3v) is 4.70. The minimum absolute atomic E-state index is 0.196. The number of hydrogen-bond acceptors (Lipinski definition) is 2. The minimum atomic E-state index is -0.196. The highest BCUT2D eigenvalue weighted by Gasteiger charge is 2.19. The zero-order valence-electron chi connectivity index (χ0n) is 16.2. The highest BCUT2D eigenvalue weighted by molar-refractivity contribution is 6.04. The Bertz CT molecular complexity index is 1140. The fourth-order valence-electron chi connectivity index (χ4n) is 3.18. The Kier molecular flexibility index (Phi) is 4.57. The van der Waals surface area contributed by atoms with E-state index in [-0.39, 0.29) is 5.91 Å². The molecule has 2 heterocycles. The second-order valence-corrected chi connectivity index (χ2v) is 6.99. The second kappa shape index (κ2) is 7.19. The van der Waals surface area contributed by atoms with Crippen molar-refractivity contribution in [2.24, 2.45) is 7.05 Å². The van der Waals surface area contributed by atoms with Crippen molar-refractivity contribution >= 4 is 11.6 Å². The smallest absolute Gasteiger partial charge is 0.274 e. The molecule has 28 heavy (non-hydrogen) atoms. The lowest BCUT2D eigenvalue weighted by Gasteiger charge is -2.09. The van der Waals surface area contributed by atoms with Gasteiger partial charge in [-0.1, -0.05) is 29.8 Å². The summed E-state index contributed by atoms with van der Waals surface area (Å²) in [6, 6.07) is 21.5. The van der Waals surface area contributed by atoms with Gasteiger partial charge in [-0.15, -0.1) is 0 Å². The van der Waals surface area contributed by atoms with E-state index in [0.29, 0.717) is 5.69 Å². The Labute approximate surface area is 164 Å². The number of amides is 1. The van der Waals surface area contributed by atoms with Crippen molar-refractivity contribution in [3.8, 4) is 17.1 Å². The first kappa shape index (κ1) is 17.8. The third kappa shape index (κ3) is 3.47. The number of hydrogen-bond donors (Lipinski definition) is 1. The fourth-order valence-corrected chi connectivity index (χ4v) is 3.18. The summed E-state index contributed by atoms with van der Waals surface area (Å²) in [5.74, 6) is -0.196. The normalized spacial score (nSPS) is 10.8. The number of aryl methyl sites for hydroxylation is 3. The zero-order valence-corrected chi connectivity index (χ0v) is 16.2. The van der Waals surface area contributed by atoms with Gasteiger partial charge in [0.25, 0.3) is 5.91 Å². The SMILES string of the molecule is Cc1ccc(NC(=O)c2cc(-c3cccn3C)nn2-c2cccc(C)c2)cc1. The van der Waals surface area contributed by atoms with Crippen molar-refractivity contribution in [3.05, 3.63) is 89.7 Å². The maximum atomic E-state index is 13.1. The fraction of sp³-hybridized carbons (Fsp3) is 0.130. The summed E-state index contributed by atoms with van der Waals surface area (Å²) in [4.78, 5) is 13.1. The van der Waals surface area contributed by atoms with E-state index in [0.717, 1.165) is 33.9 Å². The van der Waals surface area contributed by atoms with Crippen LogP contribution in [0, 0.1) is 13.8 Å². The first-order valence-corrected chi connectivity index (χ1v) is 9.18. The Balaban J connectivity index is 1.77. The Morgan fingerprint density at radius 2 is 1.71 bits per heavy atom. The minimum Gasteiger partial charge on any atom is -0.349 e. The molecule has 2 aromatic carbocycles.